The minimum Gasteiger partial charge on any atom is -0.497 e. The van der Waals surface area contributed by atoms with Crippen molar-refractivity contribution in [3.8, 4) is 5.75 Å². The van der Waals surface area contributed by atoms with Crippen LogP contribution < -0.4 is 10.1 Å². The van der Waals surface area contributed by atoms with Crippen molar-refractivity contribution < 1.29 is 14.3 Å². The van der Waals surface area contributed by atoms with Crippen LogP contribution in [0.3, 0.4) is 0 Å². The minimum atomic E-state index is -0.297. The lowest BCUT2D eigenvalue weighted by Crippen LogP contribution is -2.34. The number of hydrogen-bond donors (Lipinski definition) is 1. The van der Waals surface area contributed by atoms with Crippen molar-refractivity contribution in [2.24, 2.45) is 0 Å². The third-order valence-corrected chi connectivity index (χ3v) is 3.80. The van der Waals surface area contributed by atoms with Gasteiger partial charge in [0.2, 0.25) is 5.91 Å². The molecule has 0 fully saturated rings. The van der Waals surface area contributed by atoms with Gasteiger partial charge in [-0.05, 0) is 30.3 Å². The molecule has 0 saturated carbocycles. The Morgan fingerprint density at radius 3 is 2.62 bits per heavy atom. The molecule has 1 heterocycles. The summed E-state index contributed by atoms with van der Waals surface area (Å²) in [7, 11) is 3.13. The lowest BCUT2D eigenvalue weighted by Gasteiger charge is -2.17. The largest absolute Gasteiger partial charge is 0.497 e. The van der Waals surface area contributed by atoms with E-state index >= 15 is 0 Å². The van der Waals surface area contributed by atoms with Gasteiger partial charge in [-0.1, -0.05) is 6.07 Å². The third kappa shape index (κ3) is 3.94. The number of methoxy groups -OCH3 is 1. The fourth-order valence-electron chi connectivity index (χ4n) is 2.51. The average Bonchev–Trinajstić information content (AvgIpc) is 2.67. The fraction of sp³-hybridized carbons (Fsp3) is 0.158. The minimum absolute atomic E-state index is 0.0749. The predicted octanol–water partition coefficient (Wildman–Crippen LogP) is 2.35. The molecule has 26 heavy (non-hydrogen) atoms. The number of nitrogens with zero attached hydrogens (tertiary/aromatic N) is 3. The highest BCUT2D eigenvalue weighted by Crippen LogP contribution is 2.17. The molecule has 0 unspecified atom stereocenters. The first kappa shape index (κ1) is 17.3. The van der Waals surface area contributed by atoms with Crippen molar-refractivity contribution in [1.29, 1.82) is 0 Å². The molecule has 0 aliphatic carbocycles. The maximum atomic E-state index is 12.6. The van der Waals surface area contributed by atoms with Crippen LogP contribution in [-0.4, -0.2) is 47.4 Å². The smallest absolute Gasteiger partial charge is 0.254 e. The van der Waals surface area contributed by atoms with E-state index < -0.39 is 0 Å². The number of nitrogens with one attached hydrogen (secondary N) is 1. The number of likely N-dealkylation sites (N-methyl/N-ethyl adjacent to an activating group) is 1. The summed E-state index contributed by atoms with van der Waals surface area (Å²) in [4.78, 5) is 34.5. The van der Waals surface area contributed by atoms with Crippen LogP contribution in [0.25, 0.3) is 11.0 Å². The molecule has 0 atom stereocenters. The Hall–Kier alpha value is -3.48. The molecule has 0 radical (unpaired) electrons. The van der Waals surface area contributed by atoms with E-state index in [0.29, 0.717) is 28.0 Å². The topological polar surface area (TPSA) is 84.4 Å². The van der Waals surface area contributed by atoms with E-state index in [1.54, 1.807) is 69.0 Å². The molecule has 3 rings (SSSR count). The Morgan fingerprint density at radius 1 is 1.08 bits per heavy atom. The Morgan fingerprint density at radius 2 is 1.85 bits per heavy atom. The fourth-order valence-corrected chi connectivity index (χ4v) is 2.51. The number of aromatic nitrogens is 2. The van der Waals surface area contributed by atoms with Crippen LogP contribution in [0.1, 0.15) is 10.4 Å². The molecule has 7 nitrogen and oxygen atoms in total. The molecule has 2 amide bonds. The number of anilines is 1. The van der Waals surface area contributed by atoms with Gasteiger partial charge in [0, 0.05) is 36.8 Å². The number of carbonyl (C=O) groups is 2. The summed E-state index contributed by atoms with van der Waals surface area (Å²) >= 11 is 0. The number of benzene rings is 2. The lowest BCUT2D eigenvalue weighted by molar-refractivity contribution is -0.116. The van der Waals surface area contributed by atoms with Crippen molar-refractivity contribution in [2.45, 2.75) is 0 Å². The maximum Gasteiger partial charge on any atom is 0.254 e. The summed E-state index contributed by atoms with van der Waals surface area (Å²) in [5.41, 5.74) is 2.40. The second-order valence-electron chi connectivity index (χ2n) is 5.70. The van der Waals surface area contributed by atoms with Gasteiger partial charge in [0.1, 0.15) is 5.75 Å². The highest BCUT2D eigenvalue weighted by Gasteiger charge is 2.16. The molecule has 2 aromatic carbocycles. The molecule has 132 valence electrons. The molecule has 3 aromatic rings. The molecule has 0 saturated heterocycles. The first-order chi connectivity index (χ1) is 12.6. The van der Waals surface area contributed by atoms with E-state index in [0.717, 1.165) is 0 Å². The van der Waals surface area contributed by atoms with Gasteiger partial charge in [-0.15, -0.1) is 0 Å². The summed E-state index contributed by atoms with van der Waals surface area (Å²) in [6, 6.07) is 12.1. The van der Waals surface area contributed by atoms with Gasteiger partial charge in [-0.25, -0.2) is 0 Å². The van der Waals surface area contributed by atoms with Gasteiger partial charge in [0.15, 0.2) is 0 Å². The van der Waals surface area contributed by atoms with E-state index in [4.69, 9.17) is 4.74 Å². The lowest BCUT2D eigenvalue weighted by atomic mass is 10.1. The first-order valence-corrected chi connectivity index (χ1v) is 7.97. The van der Waals surface area contributed by atoms with E-state index in [2.05, 4.69) is 15.3 Å². The van der Waals surface area contributed by atoms with Crippen molar-refractivity contribution in [3.63, 3.8) is 0 Å². The van der Waals surface area contributed by atoms with E-state index in [9.17, 15) is 9.59 Å². The van der Waals surface area contributed by atoms with Gasteiger partial charge in [-0.2, -0.15) is 0 Å². The number of ether oxygens (including phenoxy) is 1. The highest BCUT2D eigenvalue weighted by molar-refractivity contribution is 6.00. The summed E-state index contributed by atoms with van der Waals surface area (Å²) in [5.74, 6) is 0.0810. The molecule has 0 spiro atoms. The monoisotopic (exact) mass is 350 g/mol. The molecule has 1 N–H and O–H groups in total. The number of rotatable bonds is 5. The number of amides is 2. The number of hydrogen-bond acceptors (Lipinski definition) is 5. The van der Waals surface area contributed by atoms with Crippen LogP contribution >= 0.6 is 0 Å². The zero-order valence-corrected chi connectivity index (χ0v) is 14.5. The second-order valence-corrected chi connectivity index (χ2v) is 5.70. The Bertz CT molecular complexity index is 958. The van der Waals surface area contributed by atoms with Gasteiger partial charge in [-0.3, -0.25) is 19.6 Å². The third-order valence-electron chi connectivity index (χ3n) is 3.80. The summed E-state index contributed by atoms with van der Waals surface area (Å²) < 4.78 is 5.12. The first-order valence-electron chi connectivity index (χ1n) is 7.97. The van der Waals surface area contributed by atoms with E-state index in [-0.39, 0.29) is 18.4 Å². The molecule has 7 heteroatoms. The van der Waals surface area contributed by atoms with Gasteiger partial charge < -0.3 is 15.0 Å². The summed E-state index contributed by atoms with van der Waals surface area (Å²) in [6.07, 6.45) is 3.17. The molecule has 0 aliphatic rings. The van der Waals surface area contributed by atoms with Crippen LogP contribution in [0.4, 0.5) is 5.69 Å². The van der Waals surface area contributed by atoms with E-state index in [1.807, 2.05) is 0 Å². The highest BCUT2D eigenvalue weighted by atomic mass is 16.5. The molecular weight excluding hydrogens is 332 g/mol. The van der Waals surface area contributed by atoms with Crippen LogP contribution in [0, 0.1) is 0 Å². The maximum absolute atomic E-state index is 12.6. The van der Waals surface area contributed by atoms with Crippen molar-refractivity contribution >= 4 is 28.5 Å². The van der Waals surface area contributed by atoms with Crippen LogP contribution in [0.15, 0.2) is 54.9 Å². The molecule has 1 aromatic heterocycles. The van der Waals surface area contributed by atoms with Crippen LogP contribution in [0.2, 0.25) is 0 Å². The molecule has 0 aliphatic heterocycles. The summed E-state index contributed by atoms with van der Waals surface area (Å²) in [5, 5.41) is 2.75. The zero-order chi connectivity index (χ0) is 18.5. The quantitative estimate of drug-likeness (QED) is 0.763. The Kier molecular flexibility index (Phi) is 5.07. The van der Waals surface area contributed by atoms with Crippen molar-refractivity contribution in [3.05, 3.63) is 60.4 Å². The van der Waals surface area contributed by atoms with Crippen LogP contribution in [-0.2, 0) is 4.79 Å². The molecule has 0 bridgehead atoms. The van der Waals surface area contributed by atoms with Gasteiger partial charge in [0.25, 0.3) is 5.91 Å². The van der Waals surface area contributed by atoms with Crippen molar-refractivity contribution in [2.75, 3.05) is 26.0 Å². The normalized spacial score (nSPS) is 10.4. The Labute approximate surface area is 150 Å². The van der Waals surface area contributed by atoms with Crippen molar-refractivity contribution in [1.82, 2.24) is 14.9 Å². The number of fused-ring (bicyclic) bond motifs is 1. The van der Waals surface area contributed by atoms with E-state index in [1.165, 1.54) is 4.90 Å². The predicted molar refractivity (Wildman–Crippen MR) is 98.1 cm³/mol. The second kappa shape index (κ2) is 7.60. The van der Waals surface area contributed by atoms with Gasteiger partial charge >= 0.3 is 0 Å². The molecular formula is C19H18N4O3. The van der Waals surface area contributed by atoms with Crippen LogP contribution in [0.5, 0.6) is 5.75 Å². The zero-order valence-electron chi connectivity index (χ0n) is 14.5. The van der Waals surface area contributed by atoms with Gasteiger partial charge in [0.05, 0.1) is 24.7 Å². The standard InChI is InChI=1S/C19H18N4O3/c1-23(12-18(24)22-14-4-3-5-15(11-14)26-2)19(25)13-6-7-16-17(10-13)21-9-8-20-16/h3-11H,12H2,1-2H3,(H,22,24). The summed E-state index contributed by atoms with van der Waals surface area (Å²) in [6.45, 7) is -0.0749. The Balaban J connectivity index is 1.66. The average molecular weight is 350 g/mol. The number of carbonyl (C=O) groups excluding carboxylic acids is 2. The SMILES string of the molecule is COc1cccc(NC(=O)CN(C)C(=O)c2ccc3nccnc3c2)c1.